The predicted molar refractivity (Wildman–Crippen MR) is 148 cm³/mol. The summed E-state index contributed by atoms with van der Waals surface area (Å²) in [6, 6.07) is 14.0. The lowest BCUT2D eigenvalue weighted by Crippen LogP contribution is -2.39. The number of carbonyl (C=O) groups is 2. The first kappa shape index (κ1) is 29.0. The second-order valence-corrected chi connectivity index (χ2v) is 10.1. The molecule has 2 amide bonds. The van der Waals surface area contributed by atoms with E-state index in [4.69, 9.17) is 30.9 Å². The molecule has 0 fully saturated rings. The van der Waals surface area contributed by atoms with Crippen LogP contribution in [0.1, 0.15) is 43.2 Å². The lowest BCUT2D eigenvalue weighted by molar-refractivity contribution is -0.117. The highest BCUT2D eigenvalue weighted by Gasteiger charge is 2.25. The molecule has 0 saturated carbocycles. The minimum absolute atomic E-state index is 0.184. The lowest BCUT2D eigenvalue weighted by Gasteiger charge is -2.23. The van der Waals surface area contributed by atoms with Crippen molar-refractivity contribution in [2.24, 2.45) is 0 Å². The molecule has 0 aliphatic rings. The zero-order valence-corrected chi connectivity index (χ0v) is 23.5. The number of ether oxygens (including phenoxy) is 3. The molecule has 3 aromatic rings. The molecule has 204 valence electrons. The van der Waals surface area contributed by atoms with Gasteiger partial charge in [-0.25, -0.2) is 4.68 Å². The summed E-state index contributed by atoms with van der Waals surface area (Å²) in [5.41, 5.74) is 1.48. The average Bonchev–Trinajstić information content (AvgIpc) is 3.31. The van der Waals surface area contributed by atoms with Crippen LogP contribution >= 0.6 is 11.6 Å². The summed E-state index contributed by atoms with van der Waals surface area (Å²) in [5.74, 6) is 0.657. The zero-order valence-electron chi connectivity index (χ0n) is 22.7. The predicted octanol–water partition coefficient (Wildman–Crippen LogP) is 4.96. The van der Waals surface area contributed by atoms with Crippen molar-refractivity contribution in [3.05, 3.63) is 64.8 Å². The second kappa shape index (κ2) is 12.8. The number of methoxy groups -OCH3 is 3. The Morgan fingerprint density at radius 3 is 2.42 bits per heavy atom. The van der Waals surface area contributed by atoms with Gasteiger partial charge in [-0.1, -0.05) is 44.5 Å². The van der Waals surface area contributed by atoms with E-state index in [1.54, 1.807) is 36.1 Å². The number of aromatic nitrogens is 2. The standard InChI is InChI=1S/C28H35ClN4O5/c1-28(2,3)24-17-25(33(31-24)22-11-8-7-10-21(22)29)30-26(34)18-32(14-9-15-36-4)27(35)20-13-12-19(37-5)16-23(20)38-6/h7-8,10-13,16-17H,9,14-15,18H2,1-6H3,(H,30,34). The number of para-hydroxylation sites is 1. The number of nitrogens with zero attached hydrogens (tertiary/aromatic N) is 3. The summed E-state index contributed by atoms with van der Waals surface area (Å²) >= 11 is 6.45. The Morgan fingerprint density at radius 1 is 1.05 bits per heavy atom. The molecule has 0 saturated heterocycles. The van der Waals surface area contributed by atoms with Gasteiger partial charge in [-0.3, -0.25) is 9.59 Å². The maximum atomic E-state index is 13.5. The summed E-state index contributed by atoms with van der Waals surface area (Å²) in [7, 11) is 4.61. The maximum absolute atomic E-state index is 13.5. The van der Waals surface area contributed by atoms with Crippen LogP contribution in [0.4, 0.5) is 5.82 Å². The number of rotatable bonds is 11. The Morgan fingerprint density at radius 2 is 1.79 bits per heavy atom. The quantitative estimate of drug-likeness (QED) is 0.344. The van der Waals surface area contributed by atoms with Crippen molar-refractivity contribution < 1.29 is 23.8 Å². The third-order valence-corrected chi connectivity index (χ3v) is 6.18. The summed E-state index contributed by atoms with van der Waals surface area (Å²) in [6.07, 6.45) is 0.555. The molecule has 0 unspecified atom stereocenters. The normalized spacial score (nSPS) is 11.2. The zero-order chi connectivity index (χ0) is 27.9. The van der Waals surface area contributed by atoms with E-state index in [0.717, 1.165) is 5.69 Å². The van der Waals surface area contributed by atoms with E-state index in [2.05, 4.69) is 5.32 Å². The highest BCUT2D eigenvalue weighted by atomic mass is 35.5. The molecule has 3 rings (SSSR count). The molecule has 2 aromatic carbocycles. The van der Waals surface area contributed by atoms with Crippen LogP contribution in [0.2, 0.25) is 5.02 Å². The monoisotopic (exact) mass is 542 g/mol. The fourth-order valence-corrected chi connectivity index (χ4v) is 4.01. The third kappa shape index (κ3) is 7.05. The Balaban J connectivity index is 1.90. The molecule has 0 radical (unpaired) electrons. The van der Waals surface area contributed by atoms with E-state index in [-0.39, 0.29) is 23.8 Å². The lowest BCUT2D eigenvalue weighted by atomic mass is 9.92. The van der Waals surface area contributed by atoms with Crippen LogP contribution in [0.3, 0.4) is 0 Å². The first-order valence-corrected chi connectivity index (χ1v) is 12.6. The van der Waals surface area contributed by atoms with Crippen LogP contribution in [0.15, 0.2) is 48.5 Å². The summed E-state index contributed by atoms with van der Waals surface area (Å²) in [4.78, 5) is 28.3. The van der Waals surface area contributed by atoms with Gasteiger partial charge < -0.3 is 24.4 Å². The average molecular weight is 543 g/mol. The van der Waals surface area contributed by atoms with E-state index in [1.807, 2.05) is 45.0 Å². The molecule has 0 atom stereocenters. The molecular weight excluding hydrogens is 508 g/mol. The maximum Gasteiger partial charge on any atom is 0.258 e. The van der Waals surface area contributed by atoms with Gasteiger partial charge in [-0.2, -0.15) is 5.10 Å². The Kier molecular flexibility index (Phi) is 9.77. The summed E-state index contributed by atoms with van der Waals surface area (Å²) in [5, 5.41) is 8.14. The van der Waals surface area contributed by atoms with Crippen LogP contribution < -0.4 is 14.8 Å². The number of anilines is 1. The van der Waals surface area contributed by atoms with Gasteiger partial charge >= 0.3 is 0 Å². The van der Waals surface area contributed by atoms with Gasteiger partial charge in [0, 0.05) is 37.8 Å². The Hall–Kier alpha value is -3.56. The highest BCUT2D eigenvalue weighted by molar-refractivity contribution is 6.32. The molecule has 38 heavy (non-hydrogen) atoms. The highest BCUT2D eigenvalue weighted by Crippen LogP contribution is 2.29. The number of benzene rings is 2. The third-order valence-electron chi connectivity index (χ3n) is 5.86. The summed E-state index contributed by atoms with van der Waals surface area (Å²) < 4.78 is 17.4. The number of carbonyl (C=O) groups excluding carboxylic acids is 2. The molecule has 10 heteroatoms. The SMILES string of the molecule is COCCCN(CC(=O)Nc1cc(C(C)(C)C)nn1-c1ccccc1Cl)C(=O)c1ccc(OC)cc1OC. The van der Waals surface area contributed by atoms with Crippen LogP contribution in [0.25, 0.3) is 5.69 Å². The van der Waals surface area contributed by atoms with Gasteiger partial charge in [-0.15, -0.1) is 0 Å². The van der Waals surface area contributed by atoms with Gasteiger partial charge in [0.1, 0.15) is 23.9 Å². The van der Waals surface area contributed by atoms with Crippen molar-refractivity contribution in [1.82, 2.24) is 14.7 Å². The first-order chi connectivity index (χ1) is 18.1. The number of halogens is 1. The van der Waals surface area contributed by atoms with Crippen molar-refractivity contribution >= 4 is 29.2 Å². The van der Waals surface area contributed by atoms with E-state index in [1.165, 1.54) is 19.1 Å². The molecule has 1 aromatic heterocycles. The molecule has 0 aliphatic carbocycles. The minimum Gasteiger partial charge on any atom is -0.497 e. The molecule has 0 bridgehead atoms. The van der Waals surface area contributed by atoms with Gasteiger partial charge in [0.05, 0.1) is 36.2 Å². The van der Waals surface area contributed by atoms with Crippen LogP contribution in [-0.2, 0) is 14.9 Å². The molecule has 1 heterocycles. The largest absolute Gasteiger partial charge is 0.497 e. The number of amides is 2. The smallest absolute Gasteiger partial charge is 0.258 e. The Bertz CT molecular complexity index is 1270. The van der Waals surface area contributed by atoms with E-state index in [9.17, 15) is 9.59 Å². The van der Waals surface area contributed by atoms with Crippen molar-refractivity contribution in [1.29, 1.82) is 0 Å². The number of nitrogens with one attached hydrogen (secondary N) is 1. The van der Waals surface area contributed by atoms with Crippen molar-refractivity contribution in [2.45, 2.75) is 32.6 Å². The minimum atomic E-state index is -0.378. The fourth-order valence-electron chi connectivity index (χ4n) is 3.80. The fraction of sp³-hybridized carbons (Fsp3) is 0.393. The van der Waals surface area contributed by atoms with Crippen molar-refractivity contribution in [3.63, 3.8) is 0 Å². The summed E-state index contributed by atoms with van der Waals surface area (Å²) in [6.45, 7) is 6.69. The molecule has 1 N–H and O–H groups in total. The molecule has 0 spiro atoms. The topological polar surface area (TPSA) is 94.9 Å². The van der Waals surface area contributed by atoms with Crippen molar-refractivity contribution in [2.75, 3.05) is 46.3 Å². The van der Waals surface area contributed by atoms with Gasteiger partial charge in [0.25, 0.3) is 5.91 Å². The number of hydrogen-bond acceptors (Lipinski definition) is 6. The molecule has 0 aliphatic heterocycles. The van der Waals surface area contributed by atoms with Gasteiger partial charge in [0.2, 0.25) is 5.91 Å². The van der Waals surface area contributed by atoms with Crippen LogP contribution in [-0.4, -0.2) is 67.5 Å². The van der Waals surface area contributed by atoms with Gasteiger partial charge in [-0.05, 0) is 30.7 Å². The second-order valence-electron chi connectivity index (χ2n) is 9.72. The van der Waals surface area contributed by atoms with E-state index >= 15 is 0 Å². The Labute approximate surface area is 228 Å². The van der Waals surface area contributed by atoms with E-state index in [0.29, 0.717) is 53.2 Å². The van der Waals surface area contributed by atoms with Crippen molar-refractivity contribution in [3.8, 4) is 17.2 Å². The van der Waals surface area contributed by atoms with Crippen LogP contribution in [0.5, 0.6) is 11.5 Å². The molecule has 9 nitrogen and oxygen atoms in total. The molecular formula is C28H35ClN4O5. The van der Waals surface area contributed by atoms with E-state index < -0.39 is 0 Å². The van der Waals surface area contributed by atoms with Gasteiger partial charge in [0.15, 0.2) is 0 Å². The first-order valence-electron chi connectivity index (χ1n) is 12.2. The van der Waals surface area contributed by atoms with Crippen LogP contribution in [0, 0.1) is 0 Å². The number of hydrogen-bond donors (Lipinski definition) is 1.